The van der Waals surface area contributed by atoms with Gasteiger partial charge in [-0.1, -0.05) is 6.92 Å². The summed E-state index contributed by atoms with van der Waals surface area (Å²) < 4.78 is 0. The summed E-state index contributed by atoms with van der Waals surface area (Å²) >= 11 is 0. The molecule has 0 saturated heterocycles. The van der Waals surface area contributed by atoms with Crippen LogP contribution in [0.4, 0.5) is 0 Å². The summed E-state index contributed by atoms with van der Waals surface area (Å²) in [5, 5.41) is 0. The SMILES string of the molecule is CC(=O)[C@@H]1C(=O)CCC[C@@H]1C. The van der Waals surface area contributed by atoms with Crippen molar-refractivity contribution in [3.8, 4) is 0 Å². The van der Waals surface area contributed by atoms with Gasteiger partial charge in [-0.05, 0) is 25.7 Å². The van der Waals surface area contributed by atoms with E-state index in [1.54, 1.807) is 0 Å². The van der Waals surface area contributed by atoms with E-state index in [-0.39, 0.29) is 23.4 Å². The Bertz CT molecular complexity index is 184. The minimum atomic E-state index is -0.288. The summed E-state index contributed by atoms with van der Waals surface area (Å²) in [7, 11) is 0. The van der Waals surface area contributed by atoms with Crippen molar-refractivity contribution in [2.75, 3.05) is 0 Å². The smallest absolute Gasteiger partial charge is 0.143 e. The van der Waals surface area contributed by atoms with Gasteiger partial charge in [0.2, 0.25) is 0 Å². The summed E-state index contributed by atoms with van der Waals surface area (Å²) in [6.45, 7) is 3.51. The molecule has 2 heteroatoms. The number of hydrogen-bond acceptors (Lipinski definition) is 2. The quantitative estimate of drug-likeness (QED) is 0.537. The summed E-state index contributed by atoms with van der Waals surface area (Å²) in [4.78, 5) is 22.2. The van der Waals surface area contributed by atoms with Gasteiger partial charge in [0, 0.05) is 6.42 Å². The lowest BCUT2D eigenvalue weighted by Crippen LogP contribution is -2.31. The molecular weight excluding hydrogens is 140 g/mol. The van der Waals surface area contributed by atoms with E-state index in [0.717, 1.165) is 12.8 Å². The number of hydrogen-bond donors (Lipinski definition) is 0. The van der Waals surface area contributed by atoms with Crippen LogP contribution in [0.15, 0.2) is 0 Å². The van der Waals surface area contributed by atoms with E-state index in [9.17, 15) is 9.59 Å². The first-order chi connectivity index (χ1) is 5.13. The Morgan fingerprint density at radius 1 is 1.55 bits per heavy atom. The zero-order valence-corrected chi connectivity index (χ0v) is 7.09. The standard InChI is InChI=1S/C9H14O2/c1-6-4-3-5-8(11)9(6)7(2)10/h6,9H,3-5H2,1-2H3/t6-,9+/m0/s1. The minimum absolute atomic E-state index is 0.0437. The molecule has 0 unspecified atom stereocenters. The van der Waals surface area contributed by atoms with E-state index in [0.29, 0.717) is 6.42 Å². The van der Waals surface area contributed by atoms with Crippen LogP contribution < -0.4 is 0 Å². The lowest BCUT2D eigenvalue weighted by atomic mass is 9.77. The van der Waals surface area contributed by atoms with Gasteiger partial charge in [0.15, 0.2) is 0 Å². The molecule has 0 spiro atoms. The van der Waals surface area contributed by atoms with Gasteiger partial charge < -0.3 is 0 Å². The highest BCUT2D eigenvalue weighted by atomic mass is 16.1. The lowest BCUT2D eigenvalue weighted by Gasteiger charge is -2.24. The highest BCUT2D eigenvalue weighted by molar-refractivity contribution is 6.02. The van der Waals surface area contributed by atoms with Crippen LogP contribution in [0, 0.1) is 11.8 Å². The number of carbonyl (C=O) groups excluding carboxylic acids is 2. The van der Waals surface area contributed by atoms with Crippen molar-refractivity contribution in [1.82, 2.24) is 0 Å². The molecule has 1 aliphatic carbocycles. The van der Waals surface area contributed by atoms with Crippen LogP contribution in [0.3, 0.4) is 0 Å². The second-order valence-corrected chi connectivity index (χ2v) is 3.42. The zero-order chi connectivity index (χ0) is 8.43. The first-order valence-corrected chi connectivity index (χ1v) is 4.16. The first kappa shape index (κ1) is 8.44. The molecule has 62 valence electrons. The molecule has 1 fully saturated rings. The maximum atomic E-state index is 11.2. The van der Waals surface area contributed by atoms with Gasteiger partial charge in [-0.3, -0.25) is 9.59 Å². The molecule has 1 aliphatic rings. The normalized spacial score (nSPS) is 32.0. The van der Waals surface area contributed by atoms with E-state index in [4.69, 9.17) is 0 Å². The van der Waals surface area contributed by atoms with Crippen LogP contribution in [0.5, 0.6) is 0 Å². The van der Waals surface area contributed by atoms with Gasteiger partial charge in [-0.25, -0.2) is 0 Å². The minimum Gasteiger partial charge on any atom is -0.299 e. The molecule has 2 nitrogen and oxygen atoms in total. The van der Waals surface area contributed by atoms with Crippen molar-refractivity contribution in [1.29, 1.82) is 0 Å². The molecule has 0 aromatic heterocycles. The van der Waals surface area contributed by atoms with Gasteiger partial charge in [0.05, 0.1) is 5.92 Å². The number of rotatable bonds is 1. The molecule has 1 saturated carbocycles. The van der Waals surface area contributed by atoms with E-state index < -0.39 is 0 Å². The third-order valence-corrected chi connectivity index (χ3v) is 2.44. The highest BCUT2D eigenvalue weighted by Gasteiger charge is 2.31. The molecule has 0 bridgehead atoms. The van der Waals surface area contributed by atoms with Crippen LogP contribution in [-0.4, -0.2) is 11.6 Å². The van der Waals surface area contributed by atoms with E-state index in [1.165, 1.54) is 6.92 Å². The van der Waals surface area contributed by atoms with Gasteiger partial charge >= 0.3 is 0 Å². The predicted octanol–water partition coefficient (Wildman–Crippen LogP) is 1.58. The van der Waals surface area contributed by atoms with Crippen molar-refractivity contribution in [2.24, 2.45) is 11.8 Å². The average Bonchev–Trinajstić information content (AvgIpc) is 1.85. The van der Waals surface area contributed by atoms with Crippen molar-refractivity contribution < 1.29 is 9.59 Å². The summed E-state index contributed by atoms with van der Waals surface area (Å²) in [6, 6.07) is 0. The number of carbonyl (C=O) groups is 2. The second-order valence-electron chi connectivity index (χ2n) is 3.42. The van der Waals surface area contributed by atoms with Crippen molar-refractivity contribution in [2.45, 2.75) is 33.1 Å². The Balaban J connectivity index is 2.70. The molecule has 11 heavy (non-hydrogen) atoms. The summed E-state index contributed by atoms with van der Waals surface area (Å²) in [6.07, 6.45) is 2.59. The second kappa shape index (κ2) is 3.16. The highest BCUT2D eigenvalue weighted by Crippen LogP contribution is 2.27. The molecular formula is C9H14O2. The Labute approximate surface area is 67.0 Å². The van der Waals surface area contributed by atoms with E-state index in [2.05, 4.69) is 0 Å². The molecule has 0 amide bonds. The molecule has 0 aromatic carbocycles. The molecule has 0 radical (unpaired) electrons. The van der Waals surface area contributed by atoms with Crippen LogP contribution in [0.2, 0.25) is 0 Å². The molecule has 0 aliphatic heterocycles. The van der Waals surface area contributed by atoms with Crippen LogP contribution >= 0.6 is 0 Å². The van der Waals surface area contributed by atoms with Crippen molar-refractivity contribution >= 4 is 11.6 Å². The predicted molar refractivity (Wildman–Crippen MR) is 42.2 cm³/mol. The Kier molecular flexibility index (Phi) is 2.42. The van der Waals surface area contributed by atoms with Crippen molar-refractivity contribution in [3.05, 3.63) is 0 Å². The topological polar surface area (TPSA) is 34.1 Å². The third-order valence-electron chi connectivity index (χ3n) is 2.44. The fourth-order valence-electron chi connectivity index (χ4n) is 1.87. The lowest BCUT2D eigenvalue weighted by molar-refractivity contribution is -0.135. The molecule has 0 aromatic rings. The van der Waals surface area contributed by atoms with E-state index in [1.807, 2.05) is 6.92 Å². The number of ketones is 2. The van der Waals surface area contributed by atoms with Gasteiger partial charge in [-0.2, -0.15) is 0 Å². The fraction of sp³-hybridized carbons (Fsp3) is 0.778. The monoisotopic (exact) mass is 154 g/mol. The molecule has 1 rings (SSSR count). The Morgan fingerprint density at radius 2 is 2.18 bits per heavy atom. The van der Waals surface area contributed by atoms with Crippen LogP contribution in [0.25, 0.3) is 0 Å². The zero-order valence-electron chi connectivity index (χ0n) is 7.09. The van der Waals surface area contributed by atoms with Gasteiger partial charge in [0.25, 0.3) is 0 Å². The average molecular weight is 154 g/mol. The fourth-order valence-corrected chi connectivity index (χ4v) is 1.87. The summed E-state index contributed by atoms with van der Waals surface area (Å²) in [5.74, 6) is 0.177. The van der Waals surface area contributed by atoms with Crippen LogP contribution in [0.1, 0.15) is 33.1 Å². The first-order valence-electron chi connectivity index (χ1n) is 4.16. The van der Waals surface area contributed by atoms with Crippen LogP contribution in [-0.2, 0) is 9.59 Å². The maximum Gasteiger partial charge on any atom is 0.143 e. The van der Waals surface area contributed by atoms with Crippen molar-refractivity contribution in [3.63, 3.8) is 0 Å². The molecule has 2 atom stereocenters. The molecule has 0 heterocycles. The maximum absolute atomic E-state index is 11.2. The van der Waals surface area contributed by atoms with E-state index >= 15 is 0 Å². The Hall–Kier alpha value is -0.660. The number of Topliss-reactive ketones (excluding diaryl/α,β-unsaturated/α-hetero) is 2. The Morgan fingerprint density at radius 3 is 2.55 bits per heavy atom. The third kappa shape index (κ3) is 1.67. The van der Waals surface area contributed by atoms with Gasteiger partial charge in [-0.15, -0.1) is 0 Å². The summed E-state index contributed by atoms with van der Waals surface area (Å²) in [5.41, 5.74) is 0. The largest absolute Gasteiger partial charge is 0.299 e. The van der Waals surface area contributed by atoms with Gasteiger partial charge in [0.1, 0.15) is 11.6 Å². The molecule has 0 N–H and O–H groups in total.